The van der Waals surface area contributed by atoms with E-state index in [4.69, 9.17) is 17.3 Å². The molecule has 0 radical (unpaired) electrons. The van der Waals surface area contributed by atoms with E-state index in [1.54, 1.807) is 0 Å². The van der Waals surface area contributed by atoms with Crippen molar-refractivity contribution in [3.8, 4) is 0 Å². The summed E-state index contributed by atoms with van der Waals surface area (Å²) >= 11 is 5.68. The zero-order chi connectivity index (χ0) is 14.6. The molecule has 19 heavy (non-hydrogen) atoms. The summed E-state index contributed by atoms with van der Waals surface area (Å²) < 4.78 is 0. The molecule has 0 unspecified atom stereocenters. The molecule has 1 aromatic carbocycles. The molecule has 0 heterocycles. The highest BCUT2D eigenvalue weighted by molar-refractivity contribution is 6.32. The van der Waals surface area contributed by atoms with E-state index in [1.165, 1.54) is 18.2 Å². The zero-order valence-electron chi connectivity index (χ0n) is 10.7. The zero-order valence-corrected chi connectivity index (χ0v) is 11.5. The van der Waals surface area contributed by atoms with Gasteiger partial charge in [-0.3, -0.25) is 14.9 Å². The molecule has 0 bridgehead atoms. The lowest BCUT2D eigenvalue weighted by atomic mass is 10.0. The molecule has 0 aliphatic rings. The summed E-state index contributed by atoms with van der Waals surface area (Å²) in [5.74, 6) is -0.0781. The number of carbonyl (C=O) groups excluding carboxylic acids is 1. The lowest BCUT2D eigenvalue weighted by molar-refractivity contribution is -0.384. The van der Waals surface area contributed by atoms with Crippen molar-refractivity contribution in [3.63, 3.8) is 0 Å². The molecule has 3 N–H and O–H groups in total. The van der Waals surface area contributed by atoms with Gasteiger partial charge in [-0.15, -0.1) is 0 Å². The van der Waals surface area contributed by atoms with Gasteiger partial charge < -0.3 is 11.1 Å². The van der Waals surface area contributed by atoms with Gasteiger partial charge >= 0.3 is 0 Å². The van der Waals surface area contributed by atoms with Gasteiger partial charge in [0.2, 0.25) is 5.91 Å². The van der Waals surface area contributed by atoms with Crippen LogP contribution in [0, 0.1) is 16.0 Å². The smallest absolute Gasteiger partial charge is 0.289 e. The molecular weight excluding hydrogens is 270 g/mol. The maximum atomic E-state index is 11.8. The number of nitrogens with zero attached hydrogens (tertiary/aromatic N) is 1. The predicted octanol–water partition coefficient (Wildman–Crippen LogP) is 2.56. The number of benzene rings is 1. The number of halogens is 1. The van der Waals surface area contributed by atoms with E-state index in [1.807, 2.05) is 13.8 Å². The van der Waals surface area contributed by atoms with E-state index in [-0.39, 0.29) is 16.6 Å². The molecule has 6 nitrogen and oxygen atoms in total. The Kier molecular flexibility index (Phi) is 5.26. The fourth-order valence-electron chi connectivity index (χ4n) is 1.58. The topological polar surface area (TPSA) is 98.3 Å². The fraction of sp³-hybridized carbons (Fsp3) is 0.417. The average molecular weight is 286 g/mol. The van der Waals surface area contributed by atoms with Gasteiger partial charge in [-0.1, -0.05) is 25.4 Å². The summed E-state index contributed by atoms with van der Waals surface area (Å²) in [5, 5.41) is 13.3. The van der Waals surface area contributed by atoms with E-state index >= 15 is 0 Å². The number of anilines is 1. The van der Waals surface area contributed by atoms with Crippen LogP contribution in [0.2, 0.25) is 5.02 Å². The van der Waals surface area contributed by atoms with Crippen molar-refractivity contribution in [3.05, 3.63) is 33.3 Å². The summed E-state index contributed by atoms with van der Waals surface area (Å²) in [6.07, 6.45) is 0.543. The lowest BCUT2D eigenvalue weighted by Gasteiger charge is -2.14. The maximum absolute atomic E-state index is 11.8. The number of hydrogen-bond acceptors (Lipinski definition) is 4. The Morgan fingerprint density at radius 2 is 2.16 bits per heavy atom. The van der Waals surface area contributed by atoms with Crippen molar-refractivity contribution in [2.45, 2.75) is 26.3 Å². The van der Waals surface area contributed by atoms with Crippen molar-refractivity contribution in [2.75, 3.05) is 5.32 Å². The SMILES string of the molecule is CC(C)C[C@H](N)C(=O)Nc1ccc(Cl)c([N+](=O)[O-])c1. The summed E-state index contributed by atoms with van der Waals surface area (Å²) in [6.45, 7) is 3.92. The van der Waals surface area contributed by atoms with Gasteiger partial charge in [0.25, 0.3) is 5.69 Å². The van der Waals surface area contributed by atoms with Crippen LogP contribution in [0.5, 0.6) is 0 Å². The summed E-state index contributed by atoms with van der Waals surface area (Å²) in [4.78, 5) is 21.9. The summed E-state index contributed by atoms with van der Waals surface area (Å²) in [5.41, 5.74) is 5.77. The molecule has 0 aromatic heterocycles. The second kappa shape index (κ2) is 6.49. The number of amides is 1. The summed E-state index contributed by atoms with van der Waals surface area (Å²) in [7, 11) is 0. The van der Waals surface area contributed by atoms with Crippen LogP contribution in [0.15, 0.2) is 18.2 Å². The first-order valence-electron chi connectivity index (χ1n) is 5.81. The minimum atomic E-state index is -0.644. The Morgan fingerprint density at radius 3 is 2.68 bits per heavy atom. The Balaban J connectivity index is 2.80. The molecule has 0 fully saturated rings. The van der Waals surface area contributed by atoms with Crippen LogP contribution in [0.1, 0.15) is 20.3 Å². The van der Waals surface area contributed by atoms with Crippen molar-refractivity contribution in [2.24, 2.45) is 11.7 Å². The van der Waals surface area contributed by atoms with Crippen LogP contribution in [0.4, 0.5) is 11.4 Å². The summed E-state index contributed by atoms with van der Waals surface area (Å²) in [6, 6.07) is 3.43. The van der Waals surface area contributed by atoms with Crippen LogP contribution in [0.3, 0.4) is 0 Å². The quantitative estimate of drug-likeness (QED) is 0.641. The second-order valence-electron chi connectivity index (χ2n) is 4.65. The van der Waals surface area contributed by atoms with Crippen LogP contribution in [-0.2, 0) is 4.79 Å². The highest BCUT2D eigenvalue weighted by Crippen LogP contribution is 2.27. The number of nitrogens with one attached hydrogen (secondary N) is 1. The Hall–Kier alpha value is -1.66. The molecular formula is C12H16ClN3O3. The first-order chi connectivity index (χ1) is 8.81. The molecule has 1 aromatic rings. The minimum Gasteiger partial charge on any atom is -0.324 e. The standard InChI is InChI=1S/C12H16ClN3O3/c1-7(2)5-10(14)12(17)15-8-3-4-9(13)11(6-8)16(18)19/h3-4,6-7,10H,5,14H2,1-2H3,(H,15,17)/t10-/m0/s1. The molecule has 0 spiro atoms. The molecule has 1 amide bonds. The Labute approximate surface area is 116 Å². The minimum absolute atomic E-state index is 0.0227. The van der Waals surface area contributed by atoms with Gasteiger partial charge in [-0.05, 0) is 24.5 Å². The highest BCUT2D eigenvalue weighted by Gasteiger charge is 2.17. The molecule has 1 atom stereocenters. The largest absolute Gasteiger partial charge is 0.324 e. The van der Waals surface area contributed by atoms with E-state index < -0.39 is 11.0 Å². The molecule has 0 aliphatic carbocycles. The third kappa shape index (κ3) is 4.50. The highest BCUT2D eigenvalue weighted by atomic mass is 35.5. The number of nitro benzene ring substituents is 1. The van der Waals surface area contributed by atoms with E-state index in [0.29, 0.717) is 18.0 Å². The van der Waals surface area contributed by atoms with E-state index in [9.17, 15) is 14.9 Å². The molecule has 7 heteroatoms. The fourth-order valence-corrected chi connectivity index (χ4v) is 1.77. The van der Waals surface area contributed by atoms with Crippen LogP contribution >= 0.6 is 11.6 Å². The molecule has 1 rings (SSSR count). The molecule has 0 saturated heterocycles. The van der Waals surface area contributed by atoms with Crippen LogP contribution in [0.25, 0.3) is 0 Å². The monoisotopic (exact) mass is 285 g/mol. The van der Waals surface area contributed by atoms with Gasteiger partial charge in [-0.2, -0.15) is 0 Å². The third-order valence-corrected chi connectivity index (χ3v) is 2.79. The van der Waals surface area contributed by atoms with Crippen LogP contribution in [-0.4, -0.2) is 16.9 Å². The number of rotatable bonds is 5. The number of carbonyl (C=O) groups is 1. The van der Waals surface area contributed by atoms with Gasteiger partial charge in [0.15, 0.2) is 0 Å². The average Bonchev–Trinajstić information content (AvgIpc) is 2.30. The van der Waals surface area contributed by atoms with Gasteiger partial charge in [0.1, 0.15) is 5.02 Å². The number of nitro groups is 1. The van der Waals surface area contributed by atoms with Crippen molar-refractivity contribution in [1.29, 1.82) is 0 Å². The Morgan fingerprint density at radius 1 is 1.53 bits per heavy atom. The third-order valence-electron chi connectivity index (χ3n) is 2.47. The normalized spacial score (nSPS) is 12.3. The molecule has 0 saturated carbocycles. The van der Waals surface area contributed by atoms with Crippen molar-refractivity contribution >= 4 is 28.9 Å². The number of nitrogens with two attached hydrogens (primary N) is 1. The second-order valence-corrected chi connectivity index (χ2v) is 5.06. The molecule has 104 valence electrons. The Bertz CT molecular complexity index is 491. The van der Waals surface area contributed by atoms with Gasteiger partial charge in [0.05, 0.1) is 11.0 Å². The van der Waals surface area contributed by atoms with Crippen molar-refractivity contribution < 1.29 is 9.72 Å². The van der Waals surface area contributed by atoms with Crippen molar-refractivity contribution in [1.82, 2.24) is 0 Å². The van der Waals surface area contributed by atoms with Gasteiger partial charge in [0, 0.05) is 11.8 Å². The maximum Gasteiger partial charge on any atom is 0.289 e. The van der Waals surface area contributed by atoms with E-state index in [0.717, 1.165) is 0 Å². The van der Waals surface area contributed by atoms with Gasteiger partial charge in [-0.25, -0.2) is 0 Å². The lowest BCUT2D eigenvalue weighted by Crippen LogP contribution is -2.36. The predicted molar refractivity (Wildman–Crippen MR) is 74.2 cm³/mol. The van der Waals surface area contributed by atoms with Crippen LogP contribution < -0.4 is 11.1 Å². The molecule has 0 aliphatic heterocycles. The number of hydrogen-bond donors (Lipinski definition) is 2. The first-order valence-corrected chi connectivity index (χ1v) is 6.19. The first kappa shape index (κ1) is 15.4. The van der Waals surface area contributed by atoms with E-state index in [2.05, 4.69) is 5.32 Å².